The van der Waals surface area contributed by atoms with E-state index in [0.717, 1.165) is 37.9 Å². The van der Waals surface area contributed by atoms with E-state index in [4.69, 9.17) is 4.74 Å². The highest BCUT2D eigenvalue weighted by molar-refractivity contribution is 5.81. The first-order valence-electron chi connectivity index (χ1n) is 14.6. The van der Waals surface area contributed by atoms with Crippen molar-refractivity contribution in [1.82, 2.24) is 30.3 Å². The van der Waals surface area contributed by atoms with Gasteiger partial charge in [-0.05, 0) is 49.8 Å². The van der Waals surface area contributed by atoms with Crippen molar-refractivity contribution >= 4 is 5.91 Å². The van der Waals surface area contributed by atoms with Crippen molar-refractivity contribution in [2.24, 2.45) is 0 Å². The minimum absolute atomic E-state index is 0.0252. The summed E-state index contributed by atoms with van der Waals surface area (Å²) in [5, 5.41) is 9.20. The predicted molar refractivity (Wildman–Crippen MR) is 148 cm³/mol. The Hall–Kier alpha value is -2.83. The van der Waals surface area contributed by atoms with E-state index in [1.165, 1.54) is 5.56 Å². The number of nitrogens with one attached hydrogen (secondary N) is 2. The fraction of sp³-hybridized carbons (Fsp3) is 0.655. The van der Waals surface area contributed by atoms with Gasteiger partial charge in [0, 0.05) is 50.7 Å². The molecule has 0 saturated carbocycles. The summed E-state index contributed by atoms with van der Waals surface area (Å²) in [6, 6.07) is 4.41. The Morgan fingerprint density at radius 3 is 2.61 bits per heavy atom. The summed E-state index contributed by atoms with van der Waals surface area (Å²) in [4.78, 5) is 32.9. The summed E-state index contributed by atoms with van der Waals surface area (Å²) in [5.74, 6) is -0.0636. The molecule has 0 bridgehead atoms. The molecule has 3 atom stereocenters. The van der Waals surface area contributed by atoms with Crippen molar-refractivity contribution in [3.8, 4) is 0 Å². The normalized spacial score (nSPS) is 22.0. The zero-order valence-electron chi connectivity index (χ0n) is 24.1. The number of aromatic nitrogens is 3. The molecule has 2 aromatic heterocycles. The number of hydrogen-bond acceptors (Lipinski definition) is 7. The zero-order valence-corrected chi connectivity index (χ0v) is 24.1. The molecular formula is C29H41F3N6O3. The van der Waals surface area contributed by atoms with Gasteiger partial charge in [0.25, 0.3) is 11.5 Å². The minimum atomic E-state index is -4.72. The fourth-order valence-electron chi connectivity index (χ4n) is 5.54. The number of nitrogens with zero attached hydrogens (tertiary/aromatic N) is 4. The third-order valence-corrected chi connectivity index (χ3v) is 7.78. The Morgan fingerprint density at radius 1 is 1.20 bits per heavy atom. The van der Waals surface area contributed by atoms with Gasteiger partial charge in [0.2, 0.25) is 0 Å². The molecule has 2 fully saturated rings. The van der Waals surface area contributed by atoms with Gasteiger partial charge in [0.05, 0.1) is 18.3 Å². The van der Waals surface area contributed by atoms with Crippen LogP contribution in [0.3, 0.4) is 0 Å². The molecule has 3 unspecified atom stereocenters. The number of halogens is 3. The van der Waals surface area contributed by atoms with Crippen LogP contribution in [0, 0.1) is 6.92 Å². The van der Waals surface area contributed by atoms with Gasteiger partial charge >= 0.3 is 6.18 Å². The quantitative estimate of drug-likeness (QED) is 0.342. The second-order valence-corrected chi connectivity index (χ2v) is 10.9. The fourth-order valence-corrected chi connectivity index (χ4v) is 5.54. The van der Waals surface area contributed by atoms with Crippen LogP contribution in [0.1, 0.15) is 86.1 Å². The van der Waals surface area contributed by atoms with Crippen molar-refractivity contribution in [2.75, 3.05) is 39.3 Å². The van der Waals surface area contributed by atoms with E-state index in [1.807, 2.05) is 34.9 Å². The SMILES string of the molecule is CCCCCN(CCC)C(=O)C1CN(C2CCc3c2n[nH]c(=O)c3C(F)(F)F)CCO1.Cc1ccc(C2CN2)cn1. The van der Waals surface area contributed by atoms with Crippen LogP contribution in [0.2, 0.25) is 0 Å². The Balaban J connectivity index is 0.000000322. The van der Waals surface area contributed by atoms with Gasteiger partial charge in [0.15, 0.2) is 0 Å². The Kier molecular flexibility index (Phi) is 10.5. The van der Waals surface area contributed by atoms with Crippen LogP contribution in [-0.2, 0) is 22.1 Å². The molecule has 0 spiro atoms. The summed E-state index contributed by atoms with van der Waals surface area (Å²) in [6.45, 7) is 9.73. The maximum Gasteiger partial charge on any atom is 0.422 e. The minimum Gasteiger partial charge on any atom is -0.366 e. The number of aromatic amines is 1. The number of pyridine rings is 1. The maximum atomic E-state index is 13.4. The lowest BCUT2D eigenvalue weighted by Crippen LogP contribution is -2.52. The molecule has 1 amide bonds. The number of carbonyl (C=O) groups excluding carboxylic acids is 1. The molecule has 0 radical (unpaired) electrons. The molecule has 4 heterocycles. The van der Waals surface area contributed by atoms with Crippen LogP contribution in [0.5, 0.6) is 0 Å². The van der Waals surface area contributed by atoms with Crippen LogP contribution in [0.15, 0.2) is 23.1 Å². The lowest BCUT2D eigenvalue weighted by Gasteiger charge is -2.38. The Bertz CT molecular complexity index is 1220. The number of rotatable bonds is 9. The second-order valence-electron chi connectivity index (χ2n) is 10.9. The van der Waals surface area contributed by atoms with Crippen LogP contribution < -0.4 is 10.9 Å². The van der Waals surface area contributed by atoms with Gasteiger partial charge in [-0.15, -0.1) is 0 Å². The van der Waals surface area contributed by atoms with E-state index >= 15 is 0 Å². The van der Waals surface area contributed by atoms with Gasteiger partial charge < -0.3 is 15.0 Å². The van der Waals surface area contributed by atoms with E-state index in [2.05, 4.69) is 34.5 Å². The number of unbranched alkanes of at least 4 members (excludes halogenated alkanes) is 2. The van der Waals surface area contributed by atoms with Crippen molar-refractivity contribution in [3.63, 3.8) is 0 Å². The van der Waals surface area contributed by atoms with E-state index in [-0.39, 0.29) is 29.6 Å². The summed E-state index contributed by atoms with van der Waals surface area (Å²) >= 11 is 0. The molecule has 2 aliphatic heterocycles. The largest absolute Gasteiger partial charge is 0.422 e. The number of aryl methyl sites for hydroxylation is 1. The number of hydrogen-bond donors (Lipinski definition) is 2. The molecule has 2 saturated heterocycles. The standard InChI is InChI=1S/C21H31F3N4O3.C8H10N2/c1-3-5-6-10-27(9-4-2)20(30)16-13-28(11-12-31-16)15-8-7-14-17(21(22,23)24)19(29)26-25-18(14)15;1-6-2-3-7(4-9-6)8-5-10-8/h15-16H,3-13H2,1-2H3,(H,26,29);2-4,8,10H,5H2,1H3. The lowest BCUT2D eigenvalue weighted by atomic mass is 10.1. The molecule has 1 aliphatic carbocycles. The third kappa shape index (κ3) is 7.92. The molecule has 5 rings (SSSR count). The van der Waals surface area contributed by atoms with Crippen molar-refractivity contribution in [3.05, 3.63) is 56.8 Å². The first-order valence-corrected chi connectivity index (χ1v) is 14.6. The van der Waals surface area contributed by atoms with Crippen molar-refractivity contribution < 1.29 is 22.7 Å². The number of amides is 1. The molecule has 3 aliphatic rings. The zero-order chi connectivity index (χ0) is 29.6. The molecule has 226 valence electrons. The van der Waals surface area contributed by atoms with E-state index < -0.39 is 23.4 Å². The highest BCUT2D eigenvalue weighted by Crippen LogP contribution is 2.40. The Morgan fingerprint density at radius 2 is 1.98 bits per heavy atom. The topological polar surface area (TPSA) is 113 Å². The summed E-state index contributed by atoms with van der Waals surface area (Å²) in [6.07, 6.45) is 1.05. The summed E-state index contributed by atoms with van der Waals surface area (Å²) < 4.78 is 46.0. The second kappa shape index (κ2) is 13.9. The highest BCUT2D eigenvalue weighted by Gasteiger charge is 2.43. The number of morpholine rings is 1. The average Bonchev–Trinajstić information content (AvgIpc) is 3.71. The third-order valence-electron chi connectivity index (χ3n) is 7.78. The van der Waals surface area contributed by atoms with Crippen molar-refractivity contribution in [1.29, 1.82) is 0 Å². The van der Waals surface area contributed by atoms with Gasteiger partial charge in [-0.25, -0.2) is 5.10 Å². The van der Waals surface area contributed by atoms with Gasteiger partial charge in [-0.3, -0.25) is 19.5 Å². The number of carbonyl (C=O) groups is 1. The van der Waals surface area contributed by atoms with E-state index in [1.54, 1.807) is 0 Å². The van der Waals surface area contributed by atoms with Crippen molar-refractivity contribution in [2.45, 2.75) is 83.7 Å². The maximum absolute atomic E-state index is 13.4. The van der Waals surface area contributed by atoms with Crippen LogP contribution in [0.4, 0.5) is 13.2 Å². The Labute approximate surface area is 238 Å². The van der Waals surface area contributed by atoms with Gasteiger partial charge in [-0.2, -0.15) is 18.3 Å². The molecule has 41 heavy (non-hydrogen) atoms. The molecule has 2 N–H and O–H groups in total. The lowest BCUT2D eigenvalue weighted by molar-refractivity contribution is -0.151. The predicted octanol–water partition coefficient (Wildman–Crippen LogP) is 3.94. The first kappa shape index (κ1) is 31.1. The smallest absolute Gasteiger partial charge is 0.366 e. The van der Waals surface area contributed by atoms with Crippen LogP contribution in [0.25, 0.3) is 0 Å². The first-order chi connectivity index (χ1) is 19.6. The highest BCUT2D eigenvalue weighted by atomic mass is 19.4. The number of fused-ring (bicyclic) bond motifs is 1. The number of H-pyrrole nitrogens is 1. The number of ether oxygens (including phenoxy) is 1. The molecular weight excluding hydrogens is 537 g/mol. The molecule has 9 nitrogen and oxygen atoms in total. The summed E-state index contributed by atoms with van der Waals surface area (Å²) in [5.41, 5.74) is 0.279. The van der Waals surface area contributed by atoms with Crippen LogP contribution >= 0.6 is 0 Å². The number of alkyl halides is 3. The van der Waals surface area contributed by atoms with Gasteiger partial charge in [-0.1, -0.05) is 32.8 Å². The van der Waals surface area contributed by atoms with E-state index in [0.29, 0.717) is 45.2 Å². The summed E-state index contributed by atoms with van der Waals surface area (Å²) in [7, 11) is 0. The van der Waals surface area contributed by atoms with Gasteiger partial charge in [0.1, 0.15) is 11.7 Å². The van der Waals surface area contributed by atoms with E-state index in [9.17, 15) is 22.8 Å². The van der Waals surface area contributed by atoms with Crippen LogP contribution in [-0.4, -0.2) is 76.3 Å². The molecule has 2 aromatic rings. The molecule has 12 heteroatoms. The monoisotopic (exact) mass is 578 g/mol. The average molecular weight is 579 g/mol. The molecule has 0 aromatic carbocycles.